The molecule has 0 amide bonds. The van der Waals surface area contributed by atoms with Crippen molar-refractivity contribution < 1.29 is 27.4 Å². The summed E-state index contributed by atoms with van der Waals surface area (Å²) in [5, 5.41) is 9.11. The summed E-state index contributed by atoms with van der Waals surface area (Å²) in [4.78, 5) is 11.0. The van der Waals surface area contributed by atoms with Crippen LogP contribution in [0.15, 0.2) is 17.0 Å². The summed E-state index contributed by atoms with van der Waals surface area (Å²) >= 11 is 0. The highest BCUT2D eigenvalue weighted by Crippen LogP contribution is 2.32. The van der Waals surface area contributed by atoms with Crippen molar-refractivity contribution in [3.05, 3.63) is 23.5 Å². The van der Waals surface area contributed by atoms with E-state index in [0.717, 1.165) is 4.31 Å². The maximum Gasteiger partial charge on any atom is 0.308 e. The van der Waals surface area contributed by atoms with Crippen LogP contribution in [0.25, 0.3) is 0 Å². The number of sulfonamides is 1. The minimum Gasteiger partial charge on any atom is -0.494 e. The maximum atomic E-state index is 14.1. The molecule has 0 spiro atoms. The van der Waals surface area contributed by atoms with Crippen LogP contribution in [0.5, 0.6) is 5.75 Å². The van der Waals surface area contributed by atoms with Crippen molar-refractivity contribution in [2.45, 2.75) is 18.7 Å². The van der Waals surface area contributed by atoms with Gasteiger partial charge in [0.2, 0.25) is 10.0 Å². The zero-order valence-electron chi connectivity index (χ0n) is 12.5. The molecule has 0 unspecified atom stereocenters. The summed E-state index contributed by atoms with van der Waals surface area (Å²) < 4.78 is 45.3. The van der Waals surface area contributed by atoms with Crippen molar-refractivity contribution in [3.8, 4) is 5.75 Å². The van der Waals surface area contributed by atoms with Crippen LogP contribution < -0.4 is 4.74 Å². The first-order chi connectivity index (χ1) is 10.2. The van der Waals surface area contributed by atoms with E-state index in [1.54, 1.807) is 6.92 Å². The third-order valence-corrected chi connectivity index (χ3v) is 6.01. The summed E-state index contributed by atoms with van der Waals surface area (Å²) in [6.07, 6.45) is 0. The largest absolute Gasteiger partial charge is 0.494 e. The van der Waals surface area contributed by atoms with E-state index >= 15 is 0 Å². The predicted octanol–water partition coefficient (Wildman–Crippen LogP) is 1.48. The highest BCUT2D eigenvalue weighted by atomic mass is 32.2. The van der Waals surface area contributed by atoms with E-state index in [1.165, 1.54) is 26.2 Å². The fourth-order valence-corrected chi connectivity index (χ4v) is 4.44. The molecule has 0 aliphatic carbocycles. The lowest BCUT2D eigenvalue weighted by atomic mass is 9.99. The maximum absolute atomic E-state index is 14.1. The van der Waals surface area contributed by atoms with Gasteiger partial charge in [-0.2, -0.15) is 4.31 Å². The number of methoxy groups -OCH3 is 1. The van der Waals surface area contributed by atoms with Gasteiger partial charge in [-0.15, -0.1) is 0 Å². The normalized spacial score (nSPS) is 22.7. The molecule has 8 heteroatoms. The van der Waals surface area contributed by atoms with Crippen molar-refractivity contribution in [1.29, 1.82) is 0 Å². The Kier molecular flexibility index (Phi) is 4.44. The van der Waals surface area contributed by atoms with Crippen LogP contribution in [0.1, 0.15) is 12.5 Å². The summed E-state index contributed by atoms with van der Waals surface area (Å²) in [7, 11) is -2.64. The van der Waals surface area contributed by atoms with Gasteiger partial charge < -0.3 is 9.84 Å². The number of hydrogen-bond acceptors (Lipinski definition) is 4. The van der Waals surface area contributed by atoms with Crippen molar-refractivity contribution >= 4 is 16.0 Å². The number of benzene rings is 1. The molecule has 0 aromatic heterocycles. The van der Waals surface area contributed by atoms with Gasteiger partial charge in [0.05, 0.1) is 17.9 Å². The number of rotatable bonds is 4. The fraction of sp³-hybridized carbons (Fsp3) is 0.500. The van der Waals surface area contributed by atoms with Crippen molar-refractivity contribution in [1.82, 2.24) is 4.31 Å². The molecule has 1 aromatic carbocycles. The highest BCUT2D eigenvalue weighted by Gasteiger charge is 2.41. The Morgan fingerprint density at radius 1 is 1.41 bits per heavy atom. The second-order valence-corrected chi connectivity index (χ2v) is 7.36. The van der Waals surface area contributed by atoms with Crippen LogP contribution in [0.3, 0.4) is 0 Å². The van der Waals surface area contributed by atoms with Gasteiger partial charge in [-0.1, -0.05) is 6.92 Å². The Morgan fingerprint density at radius 2 is 2.05 bits per heavy atom. The first-order valence-corrected chi connectivity index (χ1v) is 8.20. The van der Waals surface area contributed by atoms with Crippen LogP contribution in [-0.2, 0) is 14.8 Å². The van der Waals surface area contributed by atoms with Gasteiger partial charge >= 0.3 is 5.97 Å². The Bertz CT molecular complexity index is 703. The summed E-state index contributed by atoms with van der Waals surface area (Å²) in [6.45, 7) is 3.05. The topological polar surface area (TPSA) is 83.9 Å². The number of carbonyl (C=O) groups is 1. The van der Waals surface area contributed by atoms with Crippen molar-refractivity contribution in [3.63, 3.8) is 0 Å². The molecule has 1 fully saturated rings. The highest BCUT2D eigenvalue weighted by molar-refractivity contribution is 7.89. The quantitative estimate of drug-likeness (QED) is 0.903. The second-order valence-electron chi connectivity index (χ2n) is 5.45. The van der Waals surface area contributed by atoms with E-state index < -0.39 is 27.7 Å². The van der Waals surface area contributed by atoms with Crippen LogP contribution in [0, 0.1) is 24.6 Å². The van der Waals surface area contributed by atoms with E-state index in [4.69, 9.17) is 9.84 Å². The molecule has 22 heavy (non-hydrogen) atoms. The lowest BCUT2D eigenvalue weighted by molar-refractivity contribution is -0.142. The van der Waals surface area contributed by atoms with E-state index in [2.05, 4.69) is 0 Å². The Morgan fingerprint density at radius 3 is 2.55 bits per heavy atom. The zero-order chi connectivity index (χ0) is 16.7. The number of halogens is 1. The van der Waals surface area contributed by atoms with Gasteiger partial charge in [-0.25, -0.2) is 12.8 Å². The Hall–Kier alpha value is -1.67. The molecule has 1 heterocycles. The molecule has 1 saturated heterocycles. The number of nitrogens with zero attached hydrogens (tertiary/aromatic N) is 1. The molecule has 122 valence electrons. The number of aliphatic carboxylic acids is 1. The summed E-state index contributed by atoms with van der Waals surface area (Å²) in [5.74, 6) is -2.84. The molecule has 0 radical (unpaired) electrons. The van der Waals surface area contributed by atoms with Crippen LogP contribution >= 0.6 is 0 Å². The fourth-order valence-electron chi connectivity index (χ4n) is 2.66. The molecule has 2 atom stereocenters. The number of hydrogen-bond donors (Lipinski definition) is 1. The molecule has 6 nitrogen and oxygen atoms in total. The van der Waals surface area contributed by atoms with Gasteiger partial charge in [0, 0.05) is 18.7 Å². The molecule has 2 rings (SSSR count). The molecule has 1 N–H and O–H groups in total. The molecule has 1 aromatic rings. The second kappa shape index (κ2) is 5.85. The molecule has 0 bridgehead atoms. The third kappa shape index (κ3) is 2.68. The number of carboxylic acid groups (broad SMARTS) is 1. The monoisotopic (exact) mass is 331 g/mol. The predicted molar refractivity (Wildman–Crippen MR) is 76.7 cm³/mol. The first-order valence-electron chi connectivity index (χ1n) is 6.76. The van der Waals surface area contributed by atoms with E-state index in [0.29, 0.717) is 0 Å². The average molecular weight is 331 g/mol. The first kappa shape index (κ1) is 16.7. The zero-order valence-corrected chi connectivity index (χ0v) is 13.4. The van der Waals surface area contributed by atoms with Gasteiger partial charge in [0.25, 0.3) is 0 Å². The van der Waals surface area contributed by atoms with Crippen molar-refractivity contribution in [2.75, 3.05) is 20.2 Å². The molecular weight excluding hydrogens is 313 g/mol. The number of carboxylic acids is 1. The summed E-state index contributed by atoms with van der Waals surface area (Å²) in [5.41, 5.74) is -0.0363. The Labute approximate surface area is 128 Å². The SMILES string of the molecule is COc1ccc(S(=O)(=O)N2C[C@@H](C)[C@H](C(=O)O)C2)c(C)c1F. The molecule has 1 aliphatic rings. The van der Waals surface area contributed by atoms with Crippen molar-refractivity contribution in [2.24, 2.45) is 11.8 Å². The molecule has 0 saturated carbocycles. The van der Waals surface area contributed by atoms with Gasteiger partial charge in [0.1, 0.15) is 0 Å². The lowest BCUT2D eigenvalue weighted by Gasteiger charge is -2.18. The third-order valence-electron chi connectivity index (χ3n) is 4.04. The molecular formula is C14H18FNO5S. The van der Waals surface area contributed by atoms with Crippen LogP contribution in [0.2, 0.25) is 0 Å². The van der Waals surface area contributed by atoms with E-state index in [9.17, 15) is 17.6 Å². The minimum absolute atomic E-state index is 0.0327. The summed E-state index contributed by atoms with van der Waals surface area (Å²) in [6, 6.07) is 2.54. The van der Waals surface area contributed by atoms with E-state index in [-0.39, 0.29) is 35.2 Å². The minimum atomic E-state index is -3.94. The average Bonchev–Trinajstić information content (AvgIpc) is 2.84. The van der Waals surface area contributed by atoms with Gasteiger partial charge in [0.15, 0.2) is 11.6 Å². The van der Waals surface area contributed by atoms with Crippen LogP contribution in [0.4, 0.5) is 4.39 Å². The van der Waals surface area contributed by atoms with Gasteiger partial charge in [-0.3, -0.25) is 4.79 Å². The van der Waals surface area contributed by atoms with Gasteiger partial charge in [-0.05, 0) is 25.0 Å². The standard InChI is InChI=1S/C14H18FNO5S/c1-8-6-16(7-10(8)14(17)18)22(19,20)12-5-4-11(21-3)13(15)9(12)2/h4-5,8,10H,6-7H2,1-3H3,(H,17,18)/t8-,10-/m1/s1. The molecule has 1 aliphatic heterocycles. The van der Waals surface area contributed by atoms with Crippen LogP contribution in [-0.4, -0.2) is 44.0 Å². The number of ether oxygens (including phenoxy) is 1. The lowest BCUT2D eigenvalue weighted by Crippen LogP contribution is -2.30. The smallest absolute Gasteiger partial charge is 0.308 e. The Balaban J connectivity index is 2.40. The van der Waals surface area contributed by atoms with E-state index in [1.807, 2.05) is 0 Å².